The van der Waals surface area contributed by atoms with Gasteiger partial charge in [-0.3, -0.25) is 0 Å². The third kappa shape index (κ3) is 5.80. The Balaban J connectivity index is 0.00000261. The molecule has 3 rings (SSSR count). The fourth-order valence-electron chi connectivity index (χ4n) is 2.64. The van der Waals surface area contributed by atoms with E-state index in [2.05, 4.69) is 10.3 Å². The summed E-state index contributed by atoms with van der Waals surface area (Å²) in [7, 11) is 1.64. The number of guanidine groups is 1. The van der Waals surface area contributed by atoms with Crippen molar-refractivity contribution in [3.8, 4) is 17.2 Å². The van der Waals surface area contributed by atoms with Gasteiger partial charge in [-0.15, -0.1) is 24.0 Å². The van der Waals surface area contributed by atoms with Crippen LogP contribution in [0.25, 0.3) is 0 Å². The van der Waals surface area contributed by atoms with Gasteiger partial charge >= 0.3 is 0 Å². The van der Waals surface area contributed by atoms with E-state index in [-0.39, 0.29) is 24.0 Å². The van der Waals surface area contributed by atoms with E-state index in [4.69, 9.17) is 31.5 Å². The SMILES string of the molecule is COc1ccccc1CNC(N)=NCc1cc(Cl)c2c(c1)OCCCO2.I. The molecule has 6 nitrogen and oxygen atoms in total. The van der Waals surface area contributed by atoms with Crippen molar-refractivity contribution in [2.45, 2.75) is 19.5 Å². The summed E-state index contributed by atoms with van der Waals surface area (Å²) < 4.78 is 16.6. The second-order valence-electron chi connectivity index (χ2n) is 5.82. The van der Waals surface area contributed by atoms with Crippen LogP contribution in [0.3, 0.4) is 0 Å². The topological polar surface area (TPSA) is 78.1 Å². The number of hydrogen-bond donors (Lipinski definition) is 2. The Labute approximate surface area is 181 Å². The molecule has 0 unspecified atom stereocenters. The lowest BCUT2D eigenvalue weighted by atomic mass is 10.2. The highest BCUT2D eigenvalue weighted by Gasteiger charge is 2.15. The van der Waals surface area contributed by atoms with Crippen molar-refractivity contribution in [1.82, 2.24) is 5.32 Å². The Kier molecular flexibility index (Phi) is 8.30. The molecular formula is C19H23ClIN3O3. The molecule has 0 atom stereocenters. The first kappa shape index (κ1) is 21.4. The number of para-hydroxylation sites is 1. The molecule has 8 heteroatoms. The van der Waals surface area contributed by atoms with Gasteiger partial charge in [-0.2, -0.15) is 0 Å². The number of methoxy groups -OCH3 is 1. The van der Waals surface area contributed by atoms with Gasteiger partial charge in [0.15, 0.2) is 17.5 Å². The van der Waals surface area contributed by atoms with E-state index in [9.17, 15) is 0 Å². The molecule has 0 spiro atoms. The molecule has 0 amide bonds. The van der Waals surface area contributed by atoms with Crippen molar-refractivity contribution in [1.29, 1.82) is 0 Å². The molecule has 1 aliphatic rings. The average molecular weight is 504 g/mol. The molecule has 0 radical (unpaired) electrons. The number of nitrogens with one attached hydrogen (secondary N) is 1. The number of aliphatic imine (C=N–C) groups is 1. The molecular weight excluding hydrogens is 481 g/mol. The van der Waals surface area contributed by atoms with Gasteiger partial charge in [0, 0.05) is 18.5 Å². The molecule has 1 heterocycles. The average Bonchev–Trinajstić information content (AvgIpc) is 2.91. The second kappa shape index (κ2) is 10.5. The van der Waals surface area contributed by atoms with Crippen LogP contribution in [0, 0.1) is 0 Å². The zero-order valence-corrected chi connectivity index (χ0v) is 18.1. The second-order valence-corrected chi connectivity index (χ2v) is 6.23. The molecule has 0 saturated heterocycles. The molecule has 0 saturated carbocycles. The molecule has 1 aliphatic heterocycles. The lowest BCUT2D eigenvalue weighted by molar-refractivity contribution is 0.297. The summed E-state index contributed by atoms with van der Waals surface area (Å²) in [6.07, 6.45) is 0.832. The Hall–Kier alpha value is -1.87. The number of benzene rings is 2. The van der Waals surface area contributed by atoms with Gasteiger partial charge in [-0.05, 0) is 23.8 Å². The smallest absolute Gasteiger partial charge is 0.189 e. The number of halogens is 2. The molecule has 27 heavy (non-hydrogen) atoms. The summed E-state index contributed by atoms with van der Waals surface area (Å²) in [5.41, 5.74) is 7.88. The monoisotopic (exact) mass is 503 g/mol. The first-order valence-corrected chi connectivity index (χ1v) is 8.79. The zero-order chi connectivity index (χ0) is 18.4. The standard InChI is InChI=1S/C19H22ClN3O3.HI/c1-24-16-6-3-2-5-14(16)12-23-19(21)22-11-13-9-15(20)18-17(10-13)25-7-4-8-26-18;/h2-3,5-6,9-10H,4,7-8,11-12H2,1H3,(H3,21,22,23);1H. The van der Waals surface area contributed by atoms with Gasteiger partial charge in [0.05, 0.1) is 31.9 Å². The summed E-state index contributed by atoms with van der Waals surface area (Å²) >= 11 is 6.30. The van der Waals surface area contributed by atoms with Crippen LogP contribution in [-0.4, -0.2) is 26.3 Å². The maximum atomic E-state index is 6.30. The van der Waals surface area contributed by atoms with Crippen molar-refractivity contribution in [2.75, 3.05) is 20.3 Å². The maximum absolute atomic E-state index is 6.30. The maximum Gasteiger partial charge on any atom is 0.189 e. The minimum absolute atomic E-state index is 0. The number of nitrogens with two attached hydrogens (primary N) is 1. The van der Waals surface area contributed by atoms with E-state index in [1.807, 2.05) is 36.4 Å². The van der Waals surface area contributed by atoms with E-state index in [0.717, 1.165) is 23.3 Å². The number of fused-ring (bicyclic) bond motifs is 1. The Morgan fingerprint density at radius 1 is 1.26 bits per heavy atom. The lowest BCUT2D eigenvalue weighted by Crippen LogP contribution is -2.31. The summed E-state index contributed by atoms with van der Waals surface area (Å²) in [6.45, 7) is 2.13. The van der Waals surface area contributed by atoms with E-state index in [0.29, 0.717) is 48.8 Å². The van der Waals surface area contributed by atoms with Crippen LogP contribution >= 0.6 is 35.6 Å². The van der Waals surface area contributed by atoms with Crippen molar-refractivity contribution >= 4 is 41.5 Å². The van der Waals surface area contributed by atoms with Crippen LogP contribution in [0.15, 0.2) is 41.4 Å². The van der Waals surface area contributed by atoms with Crippen LogP contribution in [0.2, 0.25) is 5.02 Å². The van der Waals surface area contributed by atoms with Gasteiger partial charge < -0.3 is 25.3 Å². The van der Waals surface area contributed by atoms with E-state index in [1.54, 1.807) is 7.11 Å². The Morgan fingerprint density at radius 2 is 2.04 bits per heavy atom. The normalized spacial score (nSPS) is 13.3. The van der Waals surface area contributed by atoms with Crippen LogP contribution in [0.1, 0.15) is 17.5 Å². The third-order valence-electron chi connectivity index (χ3n) is 3.95. The minimum Gasteiger partial charge on any atom is -0.496 e. The zero-order valence-electron chi connectivity index (χ0n) is 15.0. The van der Waals surface area contributed by atoms with E-state index < -0.39 is 0 Å². The van der Waals surface area contributed by atoms with Gasteiger partial charge in [-0.1, -0.05) is 29.8 Å². The van der Waals surface area contributed by atoms with Crippen molar-refractivity contribution in [2.24, 2.45) is 10.7 Å². The van der Waals surface area contributed by atoms with Gasteiger partial charge in [0.1, 0.15) is 5.75 Å². The minimum atomic E-state index is 0. The molecule has 146 valence electrons. The summed E-state index contributed by atoms with van der Waals surface area (Å²) in [6, 6.07) is 11.5. The summed E-state index contributed by atoms with van der Waals surface area (Å²) in [5.74, 6) is 2.40. The Bertz CT molecular complexity index is 802. The fourth-order valence-corrected chi connectivity index (χ4v) is 2.93. The highest BCUT2D eigenvalue weighted by Crippen LogP contribution is 2.38. The molecule has 0 bridgehead atoms. The summed E-state index contributed by atoms with van der Waals surface area (Å²) in [4.78, 5) is 4.37. The lowest BCUT2D eigenvalue weighted by Gasteiger charge is -2.11. The van der Waals surface area contributed by atoms with Crippen molar-refractivity contribution < 1.29 is 14.2 Å². The third-order valence-corrected chi connectivity index (χ3v) is 4.23. The highest BCUT2D eigenvalue weighted by molar-refractivity contribution is 14.0. The molecule has 3 N–H and O–H groups in total. The highest BCUT2D eigenvalue weighted by atomic mass is 127. The van der Waals surface area contributed by atoms with E-state index in [1.165, 1.54) is 0 Å². The van der Waals surface area contributed by atoms with Gasteiger partial charge in [0.25, 0.3) is 0 Å². The number of nitrogens with zero attached hydrogens (tertiary/aromatic N) is 1. The van der Waals surface area contributed by atoms with Crippen LogP contribution in [0.4, 0.5) is 0 Å². The fraction of sp³-hybridized carbons (Fsp3) is 0.316. The first-order chi connectivity index (χ1) is 12.7. The van der Waals surface area contributed by atoms with Crippen molar-refractivity contribution in [3.05, 3.63) is 52.5 Å². The van der Waals surface area contributed by atoms with Crippen molar-refractivity contribution in [3.63, 3.8) is 0 Å². The first-order valence-electron chi connectivity index (χ1n) is 8.41. The molecule has 0 fully saturated rings. The number of hydrogen-bond acceptors (Lipinski definition) is 4. The molecule has 0 aliphatic carbocycles. The molecule has 2 aromatic rings. The number of rotatable bonds is 5. The predicted octanol–water partition coefficient (Wildman–Crippen LogP) is 3.73. The Morgan fingerprint density at radius 3 is 2.85 bits per heavy atom. The quantitative estimate of drug-likeness (QED) is 0.369. The predicted molar refractivity (Wildman–Crippen MR) is 118 cm³/mol. The van der Waals surface area contributed by atoms with E-state index >= 15 is 0 Å². The van der Waals surface area contributed by atoms with Gasteiger partial charge in [0.2, 0.25) is 0 Å². The largest absolute Gasteiger partial charge is 0.496 e. The van der Waals surface area contributed by atoms with Crippen LogP contribution < -0.4 is 25.3 Å². The number of ether oxygens (including phenoxy) is 3. The van der Waals surface area contributed by atoms with Crippen LogP contribution in [-0.2, 0) is 13.1 Å². The molecule has 0 aromatic heterocycles. The van der Waals surface area contributed by atoms with Crippen LogP contribution in [0.5, 0.6) is 17.2 Å². The molecule has 2 aromatic carbocycles. The van der Waals surface area contributed by atoms with Gasteiger partial charge in [-0.25, -0.2) is 4.99 Å². The summed E-state index contributed by atoms with van der Waals surface area (Å²) in [5, 5.41) is 3.61.